The van der Waals surface area contributed by atoms with Crippen LogP contribution in [0.15, 0.2) is 42.5 Å². The molecule has 0 aliphatic carbocycles. The van der Waals surface area contributed by atoms with Gasteiger partial charge in [0, 0.05) is 5.69 Å². The van der Waals surface area contributed by atoms with Crippen LogP contribution in [0.5, 0.6) is 0 Å². The molecule has 0 heterocycles. The van der Waals surface area contributed by atoms with Crippen LogP contribution >= 0.6 is 11.6 Å². The highest BCUT2D eigenvalue weighted by Crippen LogP contribution is 2.20. The monoisotopic (exact) mass is 391 g/mol. The molecule has 0 saturated carbocycles. The number of nitrogens with one attached hydrogen (secondary N) is 1. The second kappa shape index (κ2) is 7.99. The van der Waals surface area contributed by atoms with Crippen LogP contribution in [0.4, 0.5) is 5.69 Å². The van der Waals surface area contributed by atoms with Gasteiger partial charge < -0.3 is 11.1 Å². The molecule has 2 aromatic rings. The molecule has 0 aliphatic heterocycles. The lowest BCUT2D eigenvalue weighted by Gasteiger charge is -2.08. The second-order valence-corrected chi connectivity index (χ2v) is 7.92. The number of benzene rings is 2. The van der Waals surface area contributed by atoms with Crippen molar-refractivity contribution in [1.82, 2.24) is 0 Å². The van der Waals surface area contributed by atoms with E-state index in [0.29, 0.717) is 11.1 Å². The fraction of sp³-hybridized carbons (Fsp3) is 0.118. The minimum atomic E-state index is -3.71. The molecule has 26 heavy (non-hydrogen) atoms. The molecule has 0 bridgehead atoms. The SMILES string of the molecule is N#Cc1ccc(CS(=O)(=O)CC(=O)Nc2ccc(C(N)=O)c(Cl)c2)cc1. The highest BCUT2D eigenvalue weighted by molar-refractivity contribution is 7.91. The molecule has 2 amide bonds. The maximum atomic E-state index is 12.2. The van der Waals surface area contributed by atoms with Crippen LogP contribution in [-0.4, -0.2) is 26.0 Å². The van der Waals surface area contributed by atoms with Crippen molar-refractivity contribution in [1.29, 1.82) is 5.26 Å². The molecule has 0 saturated heterocycles. The molecule has 0 atom stereocenters. The van der Waals surface area contributed by atoms with Crippen molar-refractivity contribution in [3.8, 4) is 6.07 Å². The first-order valence-electron chi connectivity index (χ1n) is 7.29. The number of hydrogen-bond donors (Lipinski definition) is 2. The molecule has 134 valence electrons. The predicted molar refractivity (Wildman–Crippen MR) is 97.2 cm³/mol. The second-order valence-electron chi connectivity index (χ2n) is 5.45. The Balaban J connectivity index is 2.02. The van der Waals surface area contributed by atoms with Gasteiger partial charge in [0.25, 0.3) is 0 Å². The lowest BCUT2D eigenvalue weighted by molar-refractivity contribution is -0.113. The molecular weight excluding hydrogens is 378 g/mol. The van der Waals surface area contributed by atoms with E-state index < -0.39 is 27.4 Å². The summed E-state index contributed by atoms with van der Waals surface area (Å²) in [5.41, 5.74) is 6.37. The molecule has 0 aliphatic rings. The number of anilines is 1. The number of halogens is 1. The van der Waals surface area contributed by atoms with Crippen LogP contribution < -0.4 is 11.1 Å². The van der Waals surface area contributed by atoms with Crippen LogP contribution in [0, 0.1) is 11.3 Å². The van der Waals surface area contributed by atoms with Crippen LogP contribution in [0.1, 0.15) is 21.5 Å². The van der Waals surface area contributed by atoms with E-state index in [0.717, 1.165) is 0 Å². The maximum absolute atomic E-state index is 12.2. The third kappa shape index (κ3) is 5.31. The lowest BCUT2D eigenvalue weighted by atomic mass is 10.2. The van der Waals surface area contributed by atoms with Crippen LogP contribution in [0.2, 0.25) is 5.02 Å². The number of amides is 2. The van der Waals surface area contributed by atoms with Gasteiger partial charge in [0.2, 0.25) is 11.8 Å². The Labute approximate surface area is 155 Å². The van der Waals surface area contributed by atoms with Gasteiger partial charge >= 0.3 is 0 Å². The van der Waals surface area contributed by atoms with Crippen molar-refractivity contribution in [3.63, 3.8) is 0 Å². The summed E-state index contributed by atoms with van der Waals surface area (Å²) in [5, 5.41) is 11.2. The van der Waals surface area contributed by atoms with Crippen molar-refractivity contribution in [2.45, 2.75) is 5.75 Å². The number of nitriles is 1. The topological polar surface area (TPSA) is 130 Å². The number of carbonyl (C=O) groups excluding carboxylic acids is 2. The number of nitrogens with two attached hydrogens (primary N) is 1. The van der Waals surface area contributed by atoms with Crippen LogP contribution in [0.3, 0.4) is 0 Å². The summed E-state index contributed by atoms with van der Waals surface area (Å²) in [6.45, 7) is 0. The lowest BCUT2D eigenvalue weighted by Crippen LogP contribution is -2.24. The van der Waals surface area contributed by atoms with Gasteiger partial charge in [0.15, 0.2) is 9.84 Å². The smallest absolute Gasteiger partial charge is 0.250 e. The van der Waals surface area contributed by atoms with Gasteiger partial charge in [0.05, 0.1) is 28.0 Å². The summed E-state index contributed by atoms with van der Waals surface area (Å²) >= 11 is 5.88. The summed E-state index contributed by atoms with van der Waals surface area (Å²) < 4.78 is 24.3. The third-order valence-electron chi connectivity index (χ3n) is 3.34. The molecule has 0 fully saturated rings. The van der Waals surface area contributed by atoms with E-state index in [1.807, 2.05) is 6.07 Å². The highest BCUT2D eigenvalue weighted by Gasteiger charge is 2.18. The van der Waals surface area contributed by atoms with Crippen molar-refractivity contribution in [2.24, 2.45) is 5.73 Å². The Morgan fingerprint density at radius 2 is 1.81 bits per heavy atom. The third-order valence-corrected chi connectivity index (χ3v) is 5.13. The maximum Gasteiger partial charge on any atom is 0.250 e. The highest BCUT2D eigenvalue weighted by atomic mass is 35.5. The standard InChI is InChI=1S/C17H14ClN3O4S/c18-15-7-13(5-6-14(15)17(20)23)21-16(22)10-26(24,25)9-12-3-1-11(8-19)2-4-12/h1-7H,9-10H2,(H2,20,23)(H,21,22). The first-order chi connectivity index (χ1) is 12.2. The summed E-state index contributed by atoms with van der Waals surface area (Å²) in [6, 6.07) is 12.1. The van der Waals surface area contributed by atoms with Gasteiger partial charge in [-0.25, -0.2) is 8.42 Å². The van der Waals surface area contributed by atoms with E-state index in [2.05, 4.69) is 5.32 Å². The summed E-state index contributed by atoms with van der Waals surface area (Å²) in [4.78, 5) is 23.1. The zero-order valence-corrected chi connectivity index (χ0v) is 15.0. The van der Waals surface area contributed by atoms with Crippen molar-refractivity contribution < 1.29 is 18.0 Å². The van der Waals surface area contributed by atoms with Crippen molar-refractivity contribution in [2.75, 3.05) is 11.1 Å². The number of nitrogens with zero attached hydrogens (tertiary/aromatic N) is 1. The van der Waals surface area contributed by atoms with Gasteiger partial charge in [-0.2, -0.15) is 5.26 Å². The molecule has 7 nitrogen and oxygen atoms in total. The van der Waals surface area contributed by atoms with E-state index in [4.69, 9.17) is 22.6 Å². The molecule has 0 unspecified atom stereocenters. The quantitative estimate of drug-likeness (QED) is 0.776. The Morgan fingerprint density at radius 1 is 1.15 bits per heavy atom. The average molecular weight is 392 g/mol. The van der Waals surface area contributed by atoms with Gasteiger partial charge in [0.1, 0.15) is 5.75 Å². The van der Waals surface area contributed by atoms with E-state index in [1.54, 1.807) is 0 Å². The first kappa shape index (κ1) is 19.4. The minimum Gasteiger partial charge on any atom is -0.366 e. The van der Waals surface area contributed by atoms with E-state index >= 15 is 0 Å². The van der Waals surface area contributed by atoms with Gasteiger partial charge in [-0.1, -0.05) is 23.7 Å². The van der Waals surface area contributed by atoms with Crippen LogP contribution in [0.25, 0.3) is 0 Å². The molecule has 0 spiro atoms. The molecule has 0 aromatic heterocycles. The molecule has 2 rings (SSSR count). The van der Waals surface area contributed by atoms with Gasteiger partial charge in [-0.3, -0.25) is 9.59 Å². The number of hydrogen-bond acceptors (Lipinski definition) is 5. The Morgan fingerprint density at radius 3 is 2.35 bits per heavy atom. The normalized spacial score (nSPS) is 10.8. The summed E-state index contributed by atoms with van der Waals surface area (Å²) in [7, 11) is -3.71. The number of rotatable bonds is 6. The molecule has 2 aromatic carbocycles. The molecule has 9 heteroatoms. The predicted octanol–water partition coefficient (Wildman–Crippen LogP) is 1.86. The zero-order valence-electron chi connectivity index (χ0n) is 13.4. The number of carbonyl (C=O) groups is 2. The van der Waals surface area contributed by atoms with Crippen molar-refractivity contribution >= 4 is 38.9 Å². The number of primary amides is 1. The molecular formula is C17H14ClN3O4S. The van der Waals surface area contributed by atoms with Crippen molar-refractivity contribution in [3.05, 3.63) is 64.2 Å². The average Bonchev–Trinajstić information content (AvgIpc) is 2.54. The Hall–Kier alpha value is -2.89. The van der Waals surface area contributed by atoms with E-state index in [1.165, 1.54) is 42.5 Å². The zero-order chi connectivity index (χ0) is 19.3. The fourth-order valence-electron chi connectivity index (χ4n) is 2.17. The van der Waals surface area contributed by atoms with E-state index in [9.17, 15) is 18.0 Å². The van der Waals surface area contributed by atoms with Crippen LogP contribution in [-0.2, 0) is 20.4 Å². The number of sulfone groups is 1. The van der Waals surface area contributed by atoms with E-state index in [-0.39, 0.29) is 22.0 Å². The largest absolute Gasteiger partial charge is 0.366 e. The summed E-state index contributed by atoms with van der Waals surface area (Å²) in [6.07, 6.45) is 0. The first-order valence-corrected chi connectivity index (χ1v) is 9.49. The Kier molecular flexibility index (Phi) is 5.97. The molecule has 3 N–H and O–H groups in total. The minimum absolute atomic E-state index is 0.0516. The van der Waals surface area contributed by atoms with Gasteiger partial charge in [-0.05, 0) is 35.9 Å². The molecule has 0 radical (unpaired) electrons. The van der Waals surface area contributed by atoms with Gasteiger partial charge in [-0.15, -0.1) is 0 Å². The summed E-state index contributed by atoms with van der Waals surface area (Å²) in [5.74, 6) is -2.49. The fourth-order valence-corrected chi connectivity index (χ4v) is 3.72. The Bertz CT molecular complexity index is 996.